The molecule has 6 nitrogen and oxygen atoms in total. The minimum atomic E-state index is -0.452. The molecule has 25 heavy (non-hydrogen) atoms. The SMILES string of the molecule is CC(C)[C@H](N)C(=O)N1CC[C@H](CN(C)C(=O)OCc2ccccc2)C1. The Balaban J connectivity index is 1.76. The Labute approximate surface area is 149 Å². The highest BCUT2D eigenvalue weighted by molar-refractivity contribution is 5.82. The molecule has 2 rings (SSSR count). The molecule has 0 spiro atoms. The summed E-state index contributed by atoms with van der Waals surface area (Å²) in [6, 6.07) is 9.15. The van der Waals surface area contributed by atoms with E-state index in [0.29, 0.717) is 19.6 Å². The van der Waals surface area contributed by atoms with Crippen molar-refractivity contribution in [2.45, 2.75) is 32.9 Å². The van der Waals surface area contributed by atoms with Gasteiger partial charge in [-0.15, -0.1) is 0 Å². The summed E-state index contributed by atoms with van der Waals surface area (Å²) in [6.45, 7) is 6.10. The van der Waals surface area contributed by atoms with E-state index >= 15 is 0 Å². The van der Waals surface area contributed by atoms with Gasteiger partial charge in [0, 0.05) is 26.7 Å². The molecule has 0 aliphatic carbocycles. The number of ether oxygens (including phenoxy) is 1. The first-order valence-electron chi connectivity index (χ1n) is 8.84. The van der Waals surface area contributed by atoms with Crippen LogP contribution in [0.25, 0.3) is 0 Å². The maximum Gasteiger partial charge on any atom is 0.409 e. The number of rotatable bonds is 6. The maximum atomic E-state index is 12.3. The lowest BCUT2D eigenvalue weighted by atomic mass is 10.0. The van der Waals surface area contributed by atoms with E-state index in [1.807, 2.05) is 49.1 Å². The lowest BCUT2D eigenvalue weighted by Crippen LogP contribution is -2.46. The first-order valence-corrected chi connectivity index (χ1v) is 8.84. The second-order valence-corrected chi connectivity index (χ2v) is 7.13. The molecule has 1 saturated heterocycles. The van der Waals surface area contributed by atoms with Crippen molar-refractivity contribution in [1.29, 1.82) is 0 Å². The topological polar surface area (TPSA) is 75.9 Å². The summed E-state index contributed by atoms with van der Waals surface area (Å²) in [4.78, 5) is 27.8. The van der Waals surface area contributed by atoms with Crippen molar-refractivity contribution >= 4 is 12.0 Å². The van der Waals surface area contributed by atoms with E-state index in [0.717, 1.165) is 12.0 Å². The molecule has 0 radical (unpaired) electrons. The summed E-state index contributed by atoms with van der Waals surface area (Å²) in [7, 11) is 1.73. The highest BCUT2D eigenvalue weighted by atomic mass is 16.6. The Morgan fingerprint density at radius 3 is 2.64 bits per heavy atom. The molecule has 1 heterocycles. The molecule has 138 valence electrons. The molecule has 2 N–H and O–H groups in total. The van der Waals surface area contributed by atoms with Crippen LogP contribution in [-0.4, -0.2) is 54.5 Å². The van der Waals surface area contributed by atoms with E-state index in [1.165, 1.54) is 0 Å². The van der Waals surface area contributed by atoms with Crippen molar-refractivity contribution in [3.8, 4) is 0 Å². The van der Waals surface area contributed by atoms with Crippen LogP contribution in [0.2, 0.25) is 0 Å². The van der Waals surface area contributed by atoms with E-state index in [1.54, 1.807) is 11.9 Å². The van der Waals surface area contributed by atoms with E-state index in [-0.39, 0.29) is 30.4 Å². The van der Waals surface area contributed by atoms with Gasteiger partial charge in [0.25, 0.3) is 0 Å². The summed E-state index contributed by atoms with van der Waals surface area (Å²) in [5.74, 6) is 0.395. The number of nitrogens with zero attached hydrogens (tertiary/aromatic N) is 2. The molecular formula is C19H29N3O3. The Bertz CT molecular complexity index is 577. The number of likely N-dealkylation sites (tertiary alicyclic amines) is 1. The fraction of sp³-hybridized carbons (Fsp3) is 0.579. The Morgan fingerprint density at radius 1 is 1.32 bits per heavy atom. The minimum Gasteiger partial charge on any atom is -0.445 e. The van der Waals surface area contributed by atoms with Crippen LogP contribution in [0.1, 0.15) is 25.8 Å². The van der Waals surface area contributed by atoms with Crippen molar-refractivity contribution in [2.75, 3.05) is 26.7 Å². The fourth-order valence-corrected chi connectivity index (χ4v) is 2.97. The largest absolute Gasteiger partial charge is 0.445 e. The third kappa shape index (κ3) is 5.46. The smallest absolute Gasteiger partial charge is 0.409 e. The molecular weight excluding hydrogens is 318 g/mol. The Morgan fingerprint density at radius 2 is 2.00 bits per heavy atom. The normalized spacial score (nSPS) is 18.3. The van der Waals surface area contributed by atoms with E-state index in [9.17, 15) is 9.59 Å². The Kier molecular flexibility index (Phi) is 6.82. The second kappa shape index (κ2) is 8.85. The van der Waals surface area contributed by atoms with Crippen LogP contribution in [0.3, 0.4) is 0 Å². The molecule has 1 aliphatic rings. The molecule has 0 aromatic heterocycles. The zero-order chi connectivity index (χ0) is 18.4. The first kappa shape index (κ1) is 19.2. The first-order chi connectivity index (χ1) is 11.9. The standard InChI is InChI=1S/C19H29N3O3/c1-14(2)17(20)18(23)22-10-9-16(12-22)11-21(3)19(24)25-13-15-7-5-4-6-8-15/h4-8,14,16-17H,9-13,20H2,1-3H3/t16-,17+/m1/s1. The number of benzene rings is 1. The van der Waals surface area contributed by atoms with Gasteiger partial charge >= 0.3 is 6.09 Å². The van der Waals surface area contributed by atoms with Crippen molar-refractivity contribution in [1.82, 2.24) is 9.80 Å². The molecule has 1 aliphatic heterocycles. The van der Waals surface area contributed by atoms with Gasteiger partial charge in [0.2, 0.25) is 5.91 Å². The molecule has 0 bridgehead atoms. The molecule has 0 saturated carbocycles. The monoisotopic (exact) mass is 347 g/mol. The predicted octanol–water partition coefficient (Wildman–Crippen LogP) is 2.09. The van der Waals surface area contributed by atoms with Gasteiger partial charge in [-0.3, -0.25) is 4.79 Å². The van der Waals surface area contributed by atoms with Crippen molar-refractivity contribution < 1.29 is 14.3 Å². The van der Waals surface area contributed by atoms with Gasteiger partial charge in [-0.1, -0.05) is 44.2 Å². The van der Waals surface area contributed by atoms with E-state index in [4.69, 9.17) is 10.5 Å². The number of hydrogen-bond donors (Lipinski definition) is 1. The van der Waals surface area contributed by atoms with Gasteiger partial charge in [0.15, 0.2) is 0 Å². The highest BCUT2D eigenvalue weighted by Gasteiger charge is 2.31. The second-order valence-electron chi connectivity index (χ2n) is 7.13. The lowest BCUT2D eigenvalue weighted by Gasteiger charge is -2.24. The zero-order valence-electron chi connectivity index (χ0n) is 15.4. The molecule has 2 atom stereocenters. The summed E-state index contributed by atoms with van der Waals surface area (Å²) >= 11 is 0. The quantitative estimate of drug-likeness (QED) is 0.855. The van der Waals surface area contributed by atoms with Crippen LogP contribution in [-0.2, 0) is 16.1 Å². The molecule has 0 unspecified atom stereocenters. The summed E-state index contributed by atoms with van der Waals surface area (Å²) in [5.41, 5.74) is 6.92. The fourth-order valence-electron chi connectivity index (χ4n) is 2.97. The number of carbonyl (C=O) groups is 2. The summed E-state index contributed by atoms with van der Waals surface area (Å²) in [5, 5.41) is 0. The predicted molar refractivity (Wildman–Crippen MR) is 96.8 cm³/mol. The number of hydrogen-bond acceptors (Lipinski definition) is 4. The number of nitrogens with two attached hydrogens (primary N) is 1. The number of carbonyl (C=O) groups excluding carboxylic acids is 2. The average Bonchev–Trinajstić information content (AvgIpc) is 3.07. The third-order valence-corrected chi connectivity index (χ3v) is 4.65. The minimum absolute atomic E-state index is 0.00630. The molecule has 1 fully saturated rings. The van der Waals surface area contributed by atoms with Gasteiger partial charge in [-0.25, -0.2) is 4.79 Å². The summed E-state index contributed by atoms with van der Waals surface area (Å²) < 4.78 is 5.33. The van der Waals surface area contributed by atoms with Crippen LogP contribution >= 0.6 is 0 Å². The van der Waals surface area contributed by atoms with Gasteiger partial charge < -0.3 is 20.3 Å². The summed E-state index contributed by atoms with van der Waals surface area (Å²) in [6.07, 6.45) is 0.542. The van der Waals surface area contributed by atoms with Gasteiger partial charge in [-0.05, 0) is 23.8 Å². The van der Waals surface area contributed by atoms with Crippen molar-refractivity contribution in [3.63, 3.8) is 0 Å². The van der Waals surface area contributed by atoms with Crippen LogP contribution in [0.4, 0.5) is 4.79 Å². The molecule has 1 aromatic carbocycles. The zero-order valence-corrected chi connectivity index (χ0v) is 15.4. The van der Waals surface area contributed by atoms with E-state index < -0.39 is 6.04 Å². The molecule has 6 heteroatoms. The molecule has 1 aromatic rings. The van der Waals surface area contributed by atoms with Crippen LogP contribution in [0.15, 0.2) is 30.3 Å². The van der Waals surface area contributed by atoms with Crippen molar-refractivity contribution in [2.24, 2.45) is 17.6 Å². The maximum absolute atomic E-state index is 12.3. The highest BCUT2D eigenvalue weighted by Crippen LogP contribution is 2.19. The average molecular weight is 347 g/mol. The third-order valence-electron chi connectivity index (χ3n) is 4.65. The van der Waals surface area contributed by atoms with Gasteiger partial charge in [0.05, 0.1) is 6.04 Å². The molecule has 2 amide bonds. The van der Waals surface area contributed by atoms with Crippen LogP contribution < -0.4 is 5.73 Å². The van der Waals surface area contributed by atoms with Gasteiger partial charge in [-0.2, -0.15) is 0 Å². The van der Waals surface area contributed by atoms with Gasteiger partial charge in [0.1, 0.15) is 6.61 Å². The van der Waals surface area contributed by atoms with Crippen molar-refractivity contribution in [3.05, 3.63) is 35.9 Å². The Hall–Kier alpha value is -2.08. The van der Waals surface area contributed by atoms with Crippen LogP contribution in [0, 0.1) is 11.8 Å². The number of amides is 2. The lowest BCUT2D eigenvalue weighted by molar-refractivity contribution is -0.132. The van der Waals surface area contributed by atoms with E-state index in [2.05, 4.69) is 0 Å². The van der Waals surface area contributed by atoms with Crippen LogP contribution in [0.5, 0.6) is 0 Å².